The summed E-state index contributed by atoms with van der Waals surface area (Å²) in [7, 11) is 5.09. The summed E-state index contributed by atoms with van der Waals surface area (Å²) in [4.78, 5) is 43.4. The summed E-state index contributed by atoms with van der Waals surface area (Å²) < 4.78 is 16.9. The lowest BCUT2D eigenvalue weighted by Gasteiger charge is -2.16. The molecule has 10 heteroatoms. The highest BCUT2D eigenvalue weighted by Gasteiger charge is 2.20. The Labute approximate surface area is 231 Å². The second-order valence-electron chi connectivity index (χ2n) is 10.0. The second kappa shape index (κ2) is 11.3. The van der Waals surface area contributed by atoms with Gasteiger partial charge in [0.15, 0.2) is 5.78 Å². The number of aromatic nitrogens is 4. The van der Waals surface area contributed by atoms with Crippen LogP contribution in [-0.4, -0.2) is 75.2 Å². The first-order valence-electron chi connectivity index (χ1n) is 13.0. The van der Waals surface area contributed by atoms with Crippen LogP contribution in [0.4, 0.5) is 9.18 Å². The number of carbonyl (C=O) groups excluding carboxylic acids is 2. The molecule has 2 aromatic carbocycles. The predicted octanol–water partition coefficient (Wildman–Crippen LogP) is 4.82. The Morgan fingerprint density at radius 3 is 2.50 bits per heavy atom. The second-order valence-corrected chi connectivity index (χ2v) is 10.0. The Morgan fingerprint density at radius 2 is 1.75 bits per heavy atom. The lowest BCUT2D eigenvalue weighted by Crippen LogP contribution is -2.30. The zero-order valence-corrected chi connectivity index (χ0v) is 23.0. The fourth-order valence-electron chi connectivity index (χ4n) is 4.78. The molecule has 9 nitrogen and oxygen atoms in total. The number of aryl methyl sites for hydroxylation is 2. The van der Waals surface area contributed by atoms with E-state index in [9.17, 15) is 14.0 Å². The molecule has 0 aliphatic rings. The fourth-order valence-corrected chi connectivity index (χ4v) is 4.78. The van der Waals surface area contributed by atoms with E-state index >= 15 is 0 Å². The van der Waals surface area contributed by atoms with E-state index in [1.54, 1.807) is 44.8 Å². The third-order valence-electron chi connectivity index (χ3n) is 6.87. The van der Waals surface area contributed by atoms with Crippen molar-refractivity contribution in [3.8, 4) is 11.1 Å². The molecule has 5 rings (SSSR count). The zero-order valence-electron chi connectivity index (χ0n) is 23.0. The molecule has 0 unspecified atom stereocenters. The molecule has 1 amide bonds. The van der Waals surface area contributed by atoms with Crippen molar-refractivity contribution in [2.24, 2.45) is 0 Å². The number of fused-ring (bicyclic) bond motifs is 2. The zero-order chi connectivity index (χ0) is 28.4. The van der Waals surface area contributed by atoms with E-state index in [0.29, 0.717) is 23.0 Å². The molecule has 0 saturated carbocycles. The molecule has 3 aromatic heterocycles. The van der Waals surface area contributed by atoms with Crippen LogP contribution in [0.2, 0.25) is 0 Å². The molecule has 0 radical (unpaired) electrons. The first-order valence-corrected chi connectivity index (χ1v) is 13.0. The van der Waals surface area contributed by atoms with Gasteiger partial charge in [0.05, 0.1) is 30.0 Å². The average molecular weight is 543 g/mol. The number of Topliss-reactive ketones (excluding diaryl/α,β-unsaturated/α-hetero) is 1. The topological polar surface area (TPSA) is 85.5 Å². The summed E-state index contributed by atoms with van der Waals surface area (Å²) in [5.74, 6) is 0.523. The number of ketones is 1. The van der Waals surface area contributed by atoms with Gasteiger partial charge in [-0.25, -0.2) is 14.2 Å². The average Bonchev–Trinajstić information content (AvgIpc) is 3.45. The Balaban J connectivity index is 1.34. The van der Waals surface area contributed by atoms with Gasteiger partial charge in [-0.1, -0.05) is 24.3 Å². The third kappa shape index (κ3) is 5.57. The number of hydrogen-bond donors (Lipinski definition) is 0. The standard InChI is InChI=1S/C30H31FN6O3/c1-20-33-26-17-32-13-12-27(26)36(20)15-5-14-35(4)19-29(38)25-18-37(40-30(39)34(2)3)28-16-22(8-11-24(25)28)21-6-9-23(31)10-7-21/h6-13,16-18H,5,14-15,19H2,1-4H3. The van der Waals surface area contributed by atoms with Gasteiger partial charge in [0.1, 0.15) is 17.2 Å². The Hall–Kier alpha value is -4.57. The van der Waals surface area contributed by atoms with Crippen LogP contribution < -0.4 is 4.84 Å². The maximum absolute atomic E-state index is 13.4. The van der Waals surface area contributed by atoms with Gasteiger partial charge in [-0.3, -0.25) is 14.7 Å². The summed E-state index contributed by atoms with van der Waals surface area (Å²) in [6, 6.07) is 13.7. The molecular formula is C30H31FN6O3. The van der Waals surface area contributed by atoms with Crippen LogP contribution in [0.5, 0.6) is 0 Å². The molecule has 0 aliphatic heterocycles. The molecule has 5 aromatic rings. The van der Waals surface area contributed by atoms with Crippen LogP contribution in [-0.2, 0) is 6.54 Å². The van der Waals surface area contributed by atoms with Gasteiger partial charge in [-0.2, -0.15) is 4.73 Å². The lowest BCUT2D eigenvalue weighted by atomic mass is 10.0. The van der Waals surface area contributed by atoms with Crippen molar-refractivity contribution < 1.29 is 18.8 Å². The van der Waals surface area contributed by atoms with Crippen molar-refractivity contribution in [3.63, 3.8) is 0 Å². The predicted molar refractivity (Wildman–Crippen MR) is 152 cm³/mol. The van der Waals surface area contributed by atoms with Crippen molar-refractivity contribution in [3.05, 3.63) is 84.3 Å². The first kappa shape index (κ1) is 27.0. The maximum atomic E-state index is 13.4. The van der Waals surface area contributed by atoms with Crippen LogP contribution in [0.1, 0.15) is 22.6 Å². The number of benzene rings is 2. The summed E-state index contributed by atoms with van der Waals surface area (Å²) in [5, 5.41) is 0.671. The molecular weight excluding hydrogens is 511 g/mol. The maximum Gasteiger partial charge on any atom is 0.434 e. The van der Waals surface area contributed by atoms with Gasteiger partial charge in [0, 0.05) is 44.3 Å². The molecule has 3 heterocycles. The summed E-state index contributed by atoms with van der Waals surface area (Å²) in [5.41, 5.74) is 4.56. The Morgan fingerprint density at radius 1 is 1.00 bits per heavy atom. The van der Waals surface area contributed by atoms with Crippen molar-refractivity contribution >= 4 is 33.8 Å². The van der Waals surface area contributed by atoms with Crippen molar-refractivity contribution in [2.75, 3.05) is 34.2 Å². The minimum atomic E-state index is -0.571. The van der Waals surface area contributed by atoms with Crippen LogP contribution >= 0.6 is 0 Å². The van der Waals surface area contributed by atoms with Crippen molar-refractivity contribution in [1.82, 2.24) is 29.1 Å². The number of amides is 1. The molecule has 0 fully saturated rings. The van der Waals surface area contributed by atoms with Crippen LogP contribution in [0, 0.1) is 12.7 Å². The van der Waals surface area contributed by atoms with E-state index in [2.05, 4.69) is 14.5 Å². The highest BCUT2D eigenvalue weighted by atomic mass is 19.1. The first-order chi connectivity index (χ1) is 19.2. The molecule has 0 spiro atoms. The van der Waals surface area contributed by atoms with Gasteiger partial charge in [-0.05, 0) is 55.8 Å². The lowest BCUT2D eigenvalue weighted by molar-refractivity contribution is 0.0938. The van der Waals surface area contributed by atoms with E-state index in [1.807, 2.05) is 43.1 Å². The number of carbonyl (C=O) groups is 2. The normalized spacial score (nSPS) is 11.4. The van der Waals surface area contributed by atoms with E-state index in [0.717, 1.165) is 41.0 Å². The smallest absolute Gasteiger partial charge is 0.328 e. The minimum absolute atomic E-state index is 0.0861. The van der Waals surface area contributed by atoms with Crippen molar-refractivity contribution in [1.29, 1.82) is 0 Å². The number of rotatable bonds is 9. The largest absolute Gasteiger partial charge is 0.434 e. The van der Waals surface area contributed by atoms with Crippen molar-refractivity contribution in [2.45, 2.75) is 19.9 Å². The molecule has 0 N–H and O–H groups in total. The number of imidazole rings is 1. The highest BCUT2D eigenvalue weighted by molar-refractivity contribution is 6.09. The summed E-state index contributed by atoms with van der Waals surface area (Å²) in [6.45, 7) is 3.66. The van der Waals surface area contributed by atoms with E-state index in [-0.39, 0.29) is 18.1 Å². The SMILES string of the molecule is Cc1nc2cnccc2n1CCCN(C)CC(=O)c1cn(OC(=O)N(C)C)c2cc(-c3ccc(F)cc3)ccc12. The van der Waals surface area contributed by atoms with E-state index < -0.39 is 6.09 Å². The molecule has 0 atom stereocenters. The minimum Gasteiger partial charge on any atom is -0.328 e. The molecule has 0 bridgehead atoms. The number of nitrogens with zero attached hydrogens (tertiary/aromatic N) is 6. The third-order valence-corrected chi connectivity index (χ3v) is 6.87. The van der Waals surface area contributed by atoms with E-state index in [4.69, 9.17) is 4.84 Å². The molecule has 0 aliphatic carbocycles. The van der Waals surface area contributed by atoms with Crippen LogP contribution in [0.3, 0.4) is 0 Å². The van der Waals surface area contributed by atoms with Gasteiger partial charge >= 0.3 is 6.09 Å². The monoisotopic (exact) mass is 542 g/mol. The van der Waals surface area contributed by atoms with Gasteiger partial charge in [0.25, 0.3) is 0 Å². The number of hydrogen-bond acceptors (Lipinski definition) is 6. The molecule has 206 valence electrons. The van der Waals surface area contributed by atoms with E-state index in [1.165, 1.54) is 21.8 Å². The van der Waals surface area contributed by atoms with Gasteiger partial charge in [-0.15, -0.1) is 0 Å². The Bertz CT molecular complexity index is 1690. The fraction of sp³-hybridized carbons (Fsp3) is 0.267. The molecule has 0 saturated heterocycles. The number of halogens is 1. The summed E-state index contributed by atoms with van der Waals surface area (Å²) >= 11 is 0. The van der Waals surface area contributed by atoms with Crippen LogP contribution in [0.15, 0.2) is 67.1 Å². The quantitative estimate of drug-likeness (QED) is 0.249. The number of pyridine rings is 1. The summed E-state index contributed by atoms with van der Waals surface area (Å²) in [6.07, 6.45) is 5.35. The Kier molecular flexibility index (Phi) is 7.61. The number of likely N-dealkylation sites (N-methyl/N-ethyl adjacent to an activating group) is 1. The van der Waals surface area contributed by atoms with Crippen LogP contribution in [0.25, 0.3) is 33.1 Å². The highest BCUT2D eigenvalue weighted by Crippen LogP contribution is 2.28. The van der Waals surface area contributed by atoms with Gasteiger partial charge < -0.3 is 14.3 Å². The molecule has 40 heavy (non-hydrogen) atoms. The van der Waals surface area contributed by atoms with Gasteiger partial charge in [0.2, 0.25) is 0 Å².